The lowest BCUT2D eigenvalue weighted by molar-refractivity contribution is 0.0600. The van der Waals surface area contributed by atoms with Gasteiger partial charge in [-0.1, -0.05) is 18.2 Å². The summed E-state index contributed by atoms with van der Waals surface area (Å²) >= 11 is 0. The standard InChI is InChI=1S/C18H18FNO2/c1-22-18(21)15-5-4-14-8-9-20(12-16(14)10-15)11-13-2-6-17(19)7-3-13/h2-7,10H,8-9,11-12H2,1H3. The van der Waals surface area contributed by atoms with E-state index < -0.39 is 0 Å². The fraction of sp³-hybridized carbons (Fsp3) is 0.278. The maximum absolute atomic E-state index is 13.0. The van der Waals surface area contributed by atoms with Gasteiger partial charge in [0.05, 0.1) is 12.7 Å². The molecule has 0 aliphatic carbocycles. The van der Waals surface area contributed by atoms with E-state index in [1.54, 1.807) is 0 Å². The first kappa shape index (κ1) is 14.7. The minimum atomic E-state index is -0.307. The second-order valence-corrected chi connectivity index (χ2v) is 5.56. The fourth-order valence-electron chi connectivity index (χ4n) is 2.84. The molecule has 0 amide bonds. The topological polar surface area (TPSA) is 29.5 Å². The molecule has 0 aromatic heterocycles. The van der Waals surface area contributed by atoms with Gasteiger partial charge in [-0.3, -0.25) is 4.90 Å². The van der Waals surface area contributed by atoms with Gasteiger partial charge in [-0.2, -0.15) is 0 Å². The quantitative estimate of drug-likeness (QED) is 0.815. The van der Waals surface area contributed by atoms with Crippen molar-refractivity contribution in [2.75, 3.05) is 13.7 Å². The minimum absolute atomic E-state index is 0.213. The van der Waals surface area contributed by atoms with Crippen LogP contribution in [0.2, 0.25) is 0 Å². The van der Waals surface area contributed by atoms with Gasteiger partial charge in [-0.05, 0) is 47.4 Å². The van der Waals surface area contributed by atoms with Gasteiger partial charge in [0.1, 0.15) is 5.82 Å². The lowest BCUT2D eigenvalue weighted by atomic mass is 9.97. The normalized spacial score (nSPS) is 14.5. The Balaban J connectivity index is 1.74. The SMILES string of the molecule is COC(=O)c1ccc2c(c1)CN(Cc1ccc(F)cc1)CC2. The number of hydrogen-bond donors (Lipinski definition) is 0. The molecule has 2 aromatic rings. The molecule has 0 unspecified atom stereocenters. The molecule has 114 valence electrons. The number of benzene rings is 2. The van der Waals surface area contributed by atoms with E-state index in [1.807, 2.05) is 30.3 Å². The summed E-state index contributed by atoms with van der Waals surface area (Å²) < 4.78 is 17.7. The monoisotopic (exact) mass is 299 g/mol. The maximum Gasteiger partial charge on any atom is 0.337 e. The van der Waals surface area contributed by atoms with Crippen molar-refractivity contribution in [2.24, 2.45) is 0 Å². The third-order valence-corrected chi connectivity index (χ3v) is 4.04. The van der Waals surface area contributed by atoms with Crippen molar-refractivity contribution in [1.82, 2.24) is 4.90 Å². The van der Waals surface area contributed by atoms with Gasteiger partial charge in [0.15, 0.2) is 0 Å². The predicted molar refractivity (Wildman–Crippen MR) is 82.0 cm³/mol. The molecule has 0 atom stereocenters. The number of esters is 1. The summed E-state index contributed by atoms with van der Waals surface area (Å²) in [6.07, 6.45) is 0.956. The highest BCUT2D eigenvalue weighted by molar-refractivity contribution is 5.89. The molecule has 1 aliphatic heterocycles. The van der Waals surface area contributed by atoms with Crippen LogP contribution in [-0.4, -0.2) is 24.5 Å². The first-order valence-corrected chi connectivity index (χ1v) is 7.32. The Kier molecular flexibility index (Phi) is 4.20. The Hall–Kier alpha value is -2.20. The number of fused-ring (bicyclic) bond motifs is 1. The lowest BCUT2D eigenvalue weighted by Crippen LogP contribution is -2.30. The van der Waals surface area contributed by atoms with Crippen molar-refractivity contribution < 1.29 is 13.9 Å². The van der Waals surface area contributed by atoms with Crippen molar-refractivity contribution in [1.29, 1.82) is 0 Å². The highest BCUT2D eigenvalue weighted by Gasteiger charge is 2.18. The second-order valence-electron chi connectivity index (χ2n) is 5.56. The molecule has 0 N–H and O–H groups in total. The molecule has 2 aromatic carbocycles. The molecule has 4 heteroatoms. The van der Waals surface area contributed by atoms with Gasteiger partial charge in [-0.25, -0.2) is 9.18 Å². The van der Waals surface area contributed by atoms with Gasteiger partial charge in [0, 0.05) is 19.6 Å². The van der Waals surface area contributed by atoms with E-state index >= 15 is 0 Å². The summed E-state index contributed by atoms with van der Waals surface area (Å²) in [5.41, 5.74) is 4.12. The zero-order valence-electron chi connectivity index (χ0n) is 12.5. The molecule has 0 bridgehead atoms. The second kappa shape index (κ2) is 6.28. The van der Waals surface area contributed by atoms with Crippen molar-refractivity contribution in [3.63, 3.8) is 0 Å². The molecular weight excluding hydrogens is 281 g/mol. The summed E-state index contributed by atoms with van der Waals surface area (Å²) in [4.78, 5) is 13.9. The number of nitrogens with zero attached hydrogens (tertiary/aromatic N) is 1. The zero-order chi connectivity index (χ0) is 15.5. The zero-order valence-corrected chi connectivity index (χ0v) is 12.5. The van der Waals surface area contributed by atoms with Crippen molar-refractivity contribution in [3.8, 4) is 0 Å². The van der Waals surface area contributed by atoms with Crippen LogP contribution in [-0.2, 0) is 24.2 Å². The van der Waals surface area contributed by atoms with Gasteiger partial charge >= 0.3 is 5.97 Å². The Morgan fingerprint density at radius 2 is 1.95 bits per heavy atom. The van der Waals surface area contributed by atoms with E-state index in [2.05, 4.69) is 4.90 Å². The Labute approximate surface area is 129 Å². The van der Waals surface area contributed by atoms with Gasteiger partial charge in [-0.15, -0.1) is 0 Å². The number of ether oxygens (including phenoxy) is 1. The van der Waals surface area contributed by atoms with Crippen molar-refractivity contribution in [3.05, 3.63) is 70.5 Å². The van der Waals surface area contributed by atoms with Crippen LogP contribution >= 0.6 is 0 Å². The number of carbonyl (C=O) groups is 1. The number of methoxy groups -OCH3 is 1. The number of hydrogen-bond acceptors (Lipinski definition) is 3. The van der Waals surface area contributed by atoms with E-state index in [9.17, 15) is 9.18 Å². The third-order valence-electron chi connectivity index (χ3n) is 4.04. The molecule has 0 fully saturated rings. The fourth-order valence-corrected chi connectivity index (χ4v) is 2.84. The first-order valence-electron chi connectivity index (χ1n) is 7.32. The predicted octanol–water partition coefficient (Wildman–Crippen LogP) is 3.17. The largest absolute Gasteiger partial charge is 0.465 e. The van der Waals surface area contributed by atoms with Crippen molar-refractivity contribution >= 4 is 5.97 Å². The molecule has 22 heavy (non-hydrogen) atoms. The van der Waals surface area contributed by atoms with E-state index in [4.69, 9.17) is 4.74 Å². The number of carbonyl (C=O) groups excluding carboxylic acids is 1. The lowest BCUT2D eigenvalue weighted by Gasteiger charge is -2.29. The molecule has 0 spiro atoms. The van der Waals surface area contributed by atoms with Crippen LogP contribution in [0.1, 0.15) is 27.0 Å². The average Bonchev–Trinajstić information content (AvgIpc) is 2.55. The van der Waals surface area contributed by atoms with E-state index in [1.165, 1.54) is 24.8 Å². The summed E-state index contributed by atoms with van der Waals surface area (Å²) in [6, 6.07) is 12.4. The molecular formula is C18H18FNO2. The van der Waals surface area contributed by atoms with Gasteiger partial charge in [0.25, 0.3) is 0 Å². The minimum Gasteiger partial charge on any atom is -0.465 e. The van der Waals surface area contributed by atoms with Crippen molar-refractivity contribution in [2.45, 2.75) is 19.5 Å². The molecule has 3 rings (SSSR count). The van der Waals surface area contributed by atoms with E-state index in [0.29, 0.717) is 5.56 Å². The molecule has 0 radical (unpaired) electrons. The molecule has 1 heterocycles. The third kappa shape index (κ3) is 3.17. The van der Waals surface area contributed by atoms with E-state index in [0.717, 1.165) is 37.2 Å². The molecule has 3 nitrogen and oxygen atoms in total. The number of halogens is 1. The van der Waals surface area contributed by atoms with Gasteiger partial charge in [0.2, 0.25) is 0 Å². The van der Waals surface area contributed by atoms with Crippen LogP contribution < -0.4 is 0 Å². The Bertz CT molecular complexity index is 682. The first-order chi connectivity index (χ1) is 10.7. The molecule has 0 saturated carbocycles. The van der Waals surface area contributed by atoms with Gasteiger partial charge < -0.3 is 4.74 Å². The average molecular weight is 299 g/mol. The highest BCUT2D eigenvalue weighted by atomic mass is 19.1. The Morgan fingerprint density at radius 1 is 1.18 bits per heavy atom. The smallest absolute Gasteiger partial charge is 0.337 e. The summed E-state index contributed by atoms with van der Waals surface area (Å²) in [5, 5.41) is 0. The van der Waals surface area contributed by atoms with Crippen LogP contribution in [0.25, 0.3) is 0 Å². The summed E-state index contributed by atoms with van der Waals surface area (Å²) in [7, 11) is 1.39. The number of rotatable bonds is 3. The van der Waals surface area contributed by atoms with E-state index in [-0.39, 0.29) is 11.8 Å². The summed E-state index contributed by atoms with van der Waals surface area (Å²) in [5.74, 6) is -0.520. The van der Waals surface area contributed by atoms with Crippen LogP contribution in [0, 0.1) is 5.82 Å². The Morgan fingerprint density at radius 3 is 2.68 bits per heavy atom. The highest BCUT2D eigenvalue weighted by Crippen LogP contribution is 2.22. The summed E-state index contributed by atoms with van der Waals surface area (Å²) in [6.45, 7) is 2.53. The van der Waals surface area contributed by atoms with Crippen LogP contribution in [0.4, 0.5) is 4.39 Å². The molecule has 1 aliphatic rings. The molecule has 0 saturated heterocycles. The van der Waals surface area contributed by atoms with Crippen LogP contribution in [0.3, 0.4) is 0 Å². The van der Waals surface area contributed by atoms with Crippen LogP contribution in [0.15, 0.2) is 42.5 Å². The maximum atomic E-state index is 13.0. The van der Waals surface area contributed by atoms with Crippen LogP contribution in [0.5, 0.6) is 0 Å².